The highest BCUT2D eigenvalue weighted by Gasteiger charge is 2.19. The van der Waals surface area contributed by atoms with Crippen LogP contribution < -0.4 is 4.90 Å². The van der Waals surface area contributed by atoms with Crippen molar-refractivity contribution >= 4 is 17.6 Å². The number of carboxylic acids is 2. The quantitative estimate of drug-likeness (QED) is 0.787. The Hall–Kier alpha value is -2.93. The maximum atomic E-state index is 13.7. The largest absolute Gasteiger partial charge is 0.473 e. The Labute approximate surface area is 163 Å². The summed E-state index contributed by atoms with van der Waals surface area (Å²) in [6, 6.07) is 13.6. The third-order valence-corrected chi connectivity index (χ3v) is 4.82. The van der Waals surface area contributed by atoms with Crippen LogP contribution in [-0.2, 0) is 16.1 Å². The Kier molecular flexibility index (Phi) is 7.52. The molecular weight excluding hydrogens is 363 g/mol. The molecule has 2 aromatic carbocycles. The molecule has 28 heavy (non-hydrogen) atoms. The van der Waals surface area contributed by atoms with Crippen molar-refractivity contribution in [3.8, 4) is 0 Å². The third-order valence-electron chi connectivity index (χ3n) is 4.82. The number of anilines is 1. The van der Waals surface area contributed by atoms with E-state index >= 15 is 0 Å². The van der Waals surface area contributed by atoms with E-state index in [0.717, 1.165) is 31.7 Å². The Bertz CT molecular complexity index is 821. The molecule has 150 valence electrons. The molecule has 1 aliphatic rings. The van der Waals surface area contributed by atoms with Crippen LogP contribution in [-0.4, -0.2) is 53.2 Å². The first kappa shape index (κ1) is 21.4. The van der Waals surface area contributed by atoms with Crippen molar-refractivity contribution in [2.45, 2.75) is 20.4 Å². The Balaban J connectivity index is 0.000000409. The molecule has 1 heterocycles. The minimum atomic E-state index is -1.82. The number of nitrogens with zero attached hydrogens (tertiary/aromatic N) is 2. The van der Waals surface area contributed by atoms with Crippen LogP contribution in [0.4, 0.5) is 10.1 Å². The summed E-state index contributed by atoms with van der Waals surface area (Å²) >= 11 is 0. The van der Waals surface area contributed by atoms with Gasteiger partial charge in [0.05, 0.1) is 0 Å². The fraction of sp³-hybridized carbons (Fsp3) is 0.333. The van der Waals surface area contributed by atoms with Gasteiger partial charge in [-0.05, 0) is 37.1 Å². The summed E-state index contributed by atoms with van der Waals surface area (Å²) in [6.07, 6.45) is 0. The van der Waals surface area contributed by atoms with Crippen LogP contribution in [0.1, 0.15) is 16.7 Å². The zero-order valence-electron chi connectivity index (χ0n) is 16.1. The minimum absolute atomic E-state index is 0.0977. The highest BCUT2D eigenvalue weighted by molar-refractivity contribution is 6.27. The van der Waals surface area contributed by atoms with Gasteiger partial charge in [-0.25, -0.2) is 14.0 Å². The number of benzene rings is 2. The Morgan fingerprint density at radius 1 is 0.929 bits per heavy atom. The first-order valence-corrected chi connectivity index (χ1v) is 9.02. The van der Waals surface area contributed by atoms with Crippen LogP contribution in [0, 0.1) is 19.7 Å². The van der Waals surface area contributed by atoms with Crippen molar-refractivity contribution in [3.63, 3.8) is 0 Å². The summed E-state index contributed by atoms with van der Waals surface area (Å²) in [4.78, 5) is 23.0. The fourth-order valence-electron chi connectivity index (χ4n) is 3.09. The van der Waals surface area contributed by atoms with E-state index in [9.17, 15) is 4.39 Å². The molecule has 1 aliphatic heterocycles. The lowest BCUT2D eigenvalue weighted by Crippen LogP contribution is -2.46. The molecule has 3 rings (SSSR count). The first-order valence-electron chi connectivity index (χ1n) is 9.02. The van der Waals surface area contributed by atoms with Crippen molar-refractivity contribution in [2.24, 2.45) is 0 Å². The second-order valence-electron chi connectivity index (χ2n) is 6.68. The van der Waals surface area contributed by atoms with E-state index < -0.39 is 11.9 Å². The van der Waals surface area contributed by atoms with E-state index in [1.165, 1.54) is 16.8 Å². The lowest BCUT2D eigenvalue weighted by molar-refractivity contribution is -0.159. The smallest absolute Gasteiger partial charge is 0.414 e. The van der Waals surface area contributed by atoms with Crippen LogP contribution in [0.2, 0.25) is 0 Å². The molecule has 2 N–H and O–H groups in total. The highest BCUT2D eigenvalue weighted by Crippen LogP contribution is 2.24. The van der Waals surface area contributed by atoms with Gasteiger partial charge in [-0.3, -0.25) is 4.90 Å². The summed E-state index contributed by atoms with van der Waals surface area (Å²) in [7, 11) is 0. The predicted molar refractivity (Wildman–Crippen MR) is 105 cm³/mol. The molecule has 1 fully saturated rings. The van der Waals surface area contributed by atoms with Crippen LogP contribution in [0.25, 0.3) is 0 Å². The van der Waals surface area contributed by atoms with Crippen LogP contribution >= 0.6 is 0 Å². The maximum absolute atomic E-state index is 13.7. The van der Waals surface area contributed by atoms with Crippen molar-refractivity contribution in [1.82, 2.24) is 4.90 Å². The molecule has 0 saturated carbocycles. The highest BCUT2D eigenvalue weighted by atomic mass is 19.1. The number of carboxylic acid groups (broad SMARTS) is 2. The van der Waals surface area contributed by atoms with Gasteiger partial charge in [-0.1, -0.05) is 30.3 Å². The number of carbonyl (C=O) groups is 2. The average Bonchev–Trinajstić information content (AvgIpc) is 2.67. The van der Waals surface area contributed by atoms with Gasteiger partial charge in [-0.15, -0.1) is 0 Å². The molecule has 0 radical (unpaired) electrons. The summed E-state index contributed by atoms with van der Waals surface area (Å²) < 4.78 is 13.7. The van der Waals surface area contributed by atoms with Gasteiger partial charge in [0.25, 0.3) is 0 Å². The standard InChI is InChI=1S/C19H23FN2.C2H2O4/c1-15-6-5-9-19(16(15)2)22-12-10-21(11-13-22)14-17-7-3-4-8-18(17)20;3-1(4)2(5)6/h3-9H,10-14H2,1-2H3;(H,3,4)(H,5,6). The summed E-state index contributed by atoms with van der Waals surface area (Å²) in [5.74, 6) is -3.75. The lowest BCUT2D eigenvalue weighted by atomic mass is 10.1. The van der Waals surface area contributed by atoms with Gasteiger partial charge >= 0.3 is 11.9 Å². The normalized spacial score (nSPS) is 14.2. The second kappa shape index (κ2) is 9.85. The molecule has 0 bridgehead atoms. The monoisotopic (exact) mass is 388 g/mol. The van der Waals surface area contributed by atoms with E-state index in [0.29, 0.717) is 6.54 Å². The van der Waals surface area contributed by atoms with Crippen molar-refractivity contribution in [1.29, 1.82) is 0 Å². The summed E-state index contributed by atoms with van der Waals surface area (Å²) in [6.45, 7) is 9.00. The van der Waals surface area contributed by atoms with E-state index in [1.54, 1.807) is 12.1 Å². The number of rotatable bonds is 3. The zero-order chi connectivity index (χ0) is 20.7. The molecule has 7 heteroatoms. The molecule has 0 spiro atoms. The molecule has 0 aliphatic carbocycles. The van der Waals surface area contributed by atoms with Gasteiger partial charge in [-0.2, -0.15) is 0 Å². The van der Waals surface area contributed by atoms with E-state index in [-0.39, 0.29) is 5.82 Å². The fourth-order valence-corrected chi connectivity index (χ4v) is 3.09. The van der Waals surface area contributed by atoms with E-state index in [4.69, 9.17) is 19.8 Å². The SMILES string of the molecule is Cc1cccc(N2CCN(Cc3ccccc3F)CC2)c1C.O=C(O)C(=O)O. The number of hydrogen-bond donors (Lipinski definition) is 2. The summed E-state index contributed by atoms with van der Waals surface area (Å²) in [5.41, 5.74) is 4.84. The van der Waals surface area contributed by atoms with Gasteiger partial charge < -0.3 is 15.1 Å². The number of aliphatic carboxylic acids is 2. The van der Waals surface area contributed by atoms with Crippen molar-refractivity contribution in [3.05, 3.63) is 65.0 Å². The Morgan fingerprint density at radius 2 is 1.54 bits per heavy atom. The van der Waals surface area contributed by atoms with Gasteiger partial charge in [0.2, 0.25) is 0 Å². The zero-order valence-corrected chi connectivity index (χ0v) is 16.1. The lowest BCUT2D eigenvalue weighted by Gasteiger charge is -2.37. The predicted octanol–water partition coefficient (Wildman–Crippen LogP) is 2.92. The van der Waals surface area contributed by atoms with Crippen LogP contribution in [0.3, 0.4) is 0 Å². The van der Waals surface area contributed by atoms with Crippen molar-refractivity contribution in [2.75, 3.05) is 31.1 Å². The van der Waals surface area contributed by atoms with Gasteiger partial charge in [0, 0.05) is 44.0 Å². The molecule has 0 atom stereocenters. The van der Waals surface area contributed by atoms with E-state index in [2.05, 4.69) is 41.8 Å². The topological polar surface area (TPSA) is 81.1 Å². The number of aryl methyl sites for hydroxylation is 1. The number of halogens is 1. The van der Waals surface area contributed by atoms with Crippen LogP contribution in [0.5, 0.6) is 0 Å². The van der Waals surface area contributed by atoms with E-state index in [1.807, 2.05) is 12.1 Å². The van der Waals surface area contributed by atoms with Crippen molar-refractivity contribution < 1.29 is 24.2 Å². The summed E-state index contributed by atoms with van der Waals surface area (Å²) in [5, 5.41) is 14.8. The molecule has 6 nitrogen and oxygen atoms in total. The maximum Gasteiger partial charge on any atom is 0.414 e. The van der Waals surface area contributed by atoms with Crippen LogP contribution in [0.15, 0.2) is 42.5 Å². The number of piperazine rings is 1. The van der Waals surface area contributed by atoms with Gasteiger partial charge in [0.15, 0.2) is 0 Å². The molecule has 0 unspecified atom stereocenters. The Morgan fingerprint density at radius 3 is 2.11 bits per heavy atom. The molecular formula is C21H25FN2O4. The molecule has 1 saturated heterocycles. The minimum Gasteiger partial charge on any atom is -0.473 e. The number of hydrogen-bond acceptors (Lipinski definition) is 4. The first-order chi connectivity index (χ1) is 13.3. The molecule has 0 aromatic heterocycles. The molecule has 0 amide bonds. The van der Waals surface area contributed by atoms with Gasteiger partial charge in [0.1, 0.15) is 5.82 Å². The molecule has 2 aromatic rings. The average molecular weight is 388 g/mol. The second-order valence-corrected chi connectivity index (χ2v) is 6.68. The third kappa shape index (κ3) is 5.79.